The van der Waals surface area contributed by atoms with Crippen LogP contribution in [0.1, 0.15) is 12.5 Å². The standard InChI is InChI=1S/C17H23N3O4/c1-3-24-17(22)20-12-10-19(11-13-20)16(21)18-9-8-14-6-4-5-7-15(14)23-2/h4-9H,3,10-13H2,1-2H3,(H,18,21)/b9-8+. The van der Waals surface area contributed by atoms with Gasteiger partial charge in [-0.05, 0) is 19.1 Å². The van der Waals surface area contributed by atoms with Gasteiger partial charge in [0.1, 0.15) is 5.75 Å². The molecule has 0 radical (unpaired) electrons. The van der Waals surface area contributed by atoms with E-state index in [1.54, 1.807) is 36.1 Å². The monoisotopic (exact) mass is 333 g/mol. The number of urea groups is 1. The molecule has 7 heteroatoms. The molecule has 1 aromatic carbocycles. The summed E-state index contributed by atoms with van der Waals surface area (Å²) in [6.07, 6.45) is 3.05. The number of carbonyl (C=O) groups is 2. The molecule has 0 aliphatic carbocycles. The van der Waals surface area contributed by atoms with Crippen LogP contribution in [0.5, 0.6) is 5.75 Å². The number of para-hydroxylation sites is 1. The van der Waals surface area contributed by atoms with Gasteiger partial charge in [0, 0.05) is 37.9 Å². The fourth-order valence-electron chi connectivity index (χ4n) is 2.41. The minimum Gasteiger partial charge on any atom is -0.496 e. The van der Waals surface area contributed by atoms with Crippen molar-refractivity contribution < 1.29 is 19.1 Å². The Labute approximate surface area is 141 Å². The molecule has 0 aromatic heterocycles. The lowest BCUT2D eigenvalue weighted by atomic mass is 10.2. The minimum absolute atomic E-state index is 0.190. The van der Waals surface area contributed by atoms with Gasteiger partial charge in [0.15, 0.2) is 0 Å². The van der Waals surface area contributed by atoms with Gasteiger partial charge in [-0.2, -0.15) is 0 Å². The molecule has 3 amide bonds. The number of methoxy groups -OCH3 is 1. The normalized spacial score (nSPS) is 14.6. The lowest BCUT2D eigenvalue weighted by Crippen LogP contribution is -2.52. The molecule has 0 unspecified atom stereocenters. The van der Waals surface area contributed by atoms with Gasteiger partial charge in [0.25, 0.3) is 0 Å². The van der Waals surface area contributed by atoms with E-state index in [1.165, 1.54) is 0 Å². The number of piperazine rings is 1. The molecule has 1 aliphatic heterocycles. The fraction of sp³-hybridized carbons (Fsp3) is 0.412. The van der Waals surface area contributed by atoms with Gasteiger partial charge < -0.3 is 24.6 Å². The molecule has 0 atom stereocenters. The number of nitrogens with zero attached hydrogens (tertiary/aromatic N) is 2. The maximum Gasteiger partial charge on any atom is 0.409 e. The van der Waals surface area contributed by atoms with E-state index in [-0.39, 0.29) is 12.1 Å². The van der Waals surface area contributed by atoms with Crippen molar-refractivity contribution >= 4 is 18.2 Å². The summed E-state index contributed by atoms with van der Waals surface area (Å²) in [5.74, 6) is 0.742. The summed E-state index contributed by atoms with van der Waals surface area (Å²) in [4.78, 5) is 27.0. The minimum atomic E-state index is -0.325. The zero-order valence-electron chi connectivity index (χ0n) is 14.0. The molecule has 2 rings (SSSR count). The molecule has 0 bridgehead atoms. The van der Waals surface area contributed by atoms with E-state index in [0.29, 0.717) is 32.8 Å². The van der Waals surface area contributed by atoms with Crippen LogP contribution in [-0.2, 0) is 4.74 Å². The molecule has 1 fully saturated rings. The average molecular weight is 333 g/mol. The number of hydrogen-bond acceptors (Lipinski definition) is 4. The third-order valence-electron chi connectivity index (χ3n) is 3.70. The van der Waals surface area contributed by atoms with E-state index in [4.69, 9.17) is 9.47 Å². The lowest BCUT2D eigenvalue weighted by Gasteiger charge is -2.33. The molecule has 1 aromatic rings. The Morgan fingerprint density at radius 3 is 2.50 bits per heavy atom. The average Bonchev–Trinajstić information content (AvgIpc) is 2.62. The lowest BCUT2D eigenvalue weighted by molar-refractivity contribution is 0.0856. The summed E-state index contributed by atoms with van der Waals surface area (Å²) < 4.78 is 10.2. The SMILES string of the molecule is CCOC(=O)N1CCN(C(=O)N/C=C/c2ccccc2OC)CC1. The van der Waals surface area contributed by atoms with Crippen LogP contribution in [0.3, 0.4) is 0 Å². The number of ether oxygens (including phenoxy) is 2. The highest BCUT2D eigenvalue weighted by atomic mass is 16.6. The maximum absolute atomic E-state index is 12.1. The summed E-state index contributed by atoms with van der Waals surface area (Å²) in [5, 5.41) is 2.74. The van der Waals surface area contributed by atoms with Crippen molar-refractivity contribution in [1.29, 1.82) is 0 Å². The number of rotatable bonds is 4. The number of amides is 3. The molecule has 1 aliphatic rings. The highest BCUT2D eigenvalue weighted by molar-refractivity contribution is 5.77. The molecular formula is C17H23N3O4. The van der Waals surface area contributed by atoms with Crippen LogP contribution >= 0.6 is 0 Å². The Morgan fingerprint density at radius 2 is 1.83 bits per heavy atom. The number of benzene rings is 1. The summed E-state index contributed by atoms with van der Waals surface area (Å²) in [5.41, 5.74) is 0.882. The van der Waals surface area contributed by atoms with Gasteiger partial charge in [-0.1, -0.05) is 18.2 Å². The first-order valence-corrected chi connectivity index (χ1v) is 7.92. The van der Waals surface area contributed by atoms with E-state index in [1.807, 2.05) is 24.3 Å². The second-order valence-electron chi connectivity index (χ2n) is 5.20. The quantitative estimate of drug-likeness (QED) is 0.916. The van der Waals surface area contributed by atoms with Crippen molar-refractivity contribution in [2.45, 2.75) is 6.92 Å². The zero-order chi connectivity index (χ0) is 17.4. The van der Waals surface area contributed by atoms with Crippen LogP contribution in [0.4, 0.5) is 9.59 Å². The van der Waals surface area contributed by atoms with E-state index in [0.717, 1.165) is 11.3 Å². The molecule has 7 nitrogen and oxygen atoms in total. The van der Waals surface area contributed by atoms with Crippen molar-refractivity contribution in [3.63, 3.8) is 0 Å². The molecule has 0 spiro atoms. The van der Waals surface area contributed by atoms with Crippen LogP contribution in [0.15, 0.2) is 30.5 Å². The van der Waals surface area contributed by atoms with Crippen molar-refractivity contribution in [1.82, 2.24) is 15.1 Å². The molecule has 130 valence electrons. The number of hydrogen-bond donors (Lipinski definition) is 1. The van der Waals surface area contributed by atoms with Gasteiger partial charge in [0.05, 0.1) is 13.7 Å². The smallest absolute Gasteiger partial charge is 0.409 e. The Hall–Kier alpha value is -2.70. The maximum atomic E-state index is 12.1. The zero-order valence-corrected chi connectivity index (χ0v) is 14.0. The van der Waals surface area contributed by atoms with Gasteiger partial charge in [-0.15, -0.1) is 0 Å². The van der Waals surface area contributed by atoms with Crippen LogP contribution in [0.2, 0.25) is 0 Å². The molecular weight excluding hydrogens is 310 g/mol. The van der Waals surface area contributed by atoms with Crippen molar-refractivity contribution in [3.8, 4) is 5.75 Å². The topological polar surface area (TPSA) is 71.1 Å². The second kappa shape index (κ2) is 8.81. The summed E-state index contributed by atoms with van der Waals surface area (Å²) in [6, 6.07) is 7.36. The van der Waals surface area contributed by atoms with Crippen molar-refractivity contribution in [2.24, 2.45) is 0 Å². The predicted octanol–water partition coefficient (Wildman–Crippen LogP) is 2.15. The third-order valence-corrected chi connectivity index (χ3v) is 3.70. The van der Waals surface area contributed by atoms with E-state index in [2.05, 4.69) is 5.32 Å². The first-order chi connectivity index (χ1) is 11.7. The van der Waals surface area contributed by atoms with E-state index < -0.39 is 0 Å². The van der Waals surface area contributed by atoms with Gasteiger partial charge >= 0.3 is 12.1 Å². The predicted molar refractivity (Wildman–Crippen MR) is 90.7 cm³/mol. The highest BCUT2D eigenvalue weighted by Crippen LogP contribution is 2.18. The van der Waals surface area contributed by atoms with Crippen LogP contribution in [0.25, 0.3) is 6.08 Å². The summed E-state index contributed by atoms with van der Waals surface area (Å²) in [6.45, 7) is 4.04. The molecule has 0 saturated carbocycles. The Balaban J connectivity index is 1.81. The fourth-order valence-corrected chi connectivity index (χ4v) is 2.41. The molecule has 1 N–H and O–H groups in total. The Bertz CT molecular complexity index is 595. The molecule has 24 heavy (non-hydrogen) atoms. The van der Waals surface area contributed by atoms with Crippen molar-refractivity contribution in [3.05, 3.63) is 36.0 Å². The van der Waals surface area contributed by atoms with Crippen LogP contribution in [0, 0.1) is 0 Å². The number of carbonyl (C=O) groups excluding carboxylic acids is 2. The van der Waals surface area contributed by atoms with Gasteiger partial charge in [-0.25, -0.2) is 9.59 Å². The largest absolute Gasteiger partial charge is 0.496 e. The summed E-state index contributed by atoms with van der Waals surface area (Å²) in [7, 11) is 1.61. The summed E-state index contributed by atoms with van der Waals surface area (Å²) >= 11 is 0. The first-order valence-electron chi connectivity index (χ1n) is 7.92. The van der Waals surface area contributed by atoms with Crippen LogP contribution < -0.4 is 10.1 Å². The van der Waals surface area contributed by atoms with E-state index in [9.17, 15) is 9.59 Å². The third kappa shape index (κ3) is 4.65. The Kier molecular flexibility index (Phi) is 6.48. The Morgan fingerprint density at radius 1 is 1.17 bits per heavy atom. The first kappa shape index (κ1) is 17.7. The molecule has 1 heterocycles. The van der Waals surface area contributed by atoms with Crippen molar-refractivity contribution in [2.75, 3.05) is 39.9 Å². The number of nitrogens with one attached hydrogen (secondary N) is 1. The van der Waals surface area contributed by atoms with Gasteiger partial charge in [-0.3, -0.25) is 0 Å². The van der Waals surface area contributed by atoms with Crippen LogP contribution in [-0.4, -0.2) is 61.8 Å². The van der Waals surface area contributed by atoms with Gasteiger partial charge in [0.2, 0.25) is 0 Å². The molecule has 1 saturated heterocycles. The second-order valence-corrected chi connectivity index (χ2v) is 5.20. The van der Waals surface area contributed by atoms with E-state index >= 15 is 0 Å². The highest BCUT2D eigenvalue weighted by Gasteiger charge is 2.24.